The van der Waals surface area contributed by atoms with Crippen LogP contribution < -0.4 is 0 Å². The molecule has 0 bridgehead atoms. The lowest BCUT2D eigenvalue weighted by molar-refractivity contribution is -0.132. The minimum atomic E-state index is -0.327. The van der Waals surface area contributed by atoms with Gasteiger partial charge in [-0.2, -0.15) is 0 Å². The molecule has 2 aliphatic heterocycles. The summed E-state index contributed by atoms with van der Waals surface area (Å²) in [5, 5.41) is 2.59. The highest BCUT2D eigenvalue weighted by Crippen LogP contribution is 2.28. The molecule has 27 heavy (non-hydrogen) atoms. The Bertz CT molecular complexity index is 796. The van der Waals surface area contributed by atoms with Crippen molar-refractivity contribution in [3.63, 3.8) is 0 Å². The van der Waals surface area contributed by atoms with Gasteiger partial charge in [0.2, 0.25) is 5.91 Å². The number of rotatable bonds is 4. The quantitative estimate of drug-likeness (QED) is 0.745. The van der Waals surface area contributed by atoms with E-state index in [0.717, 1.165) is 45.4 Å². The van der Waals surface area contributed by atoms with Crippen LogP contribution in [0.1, 0.15) is 35.3 Å². The van der Waals surface area contributed by atoms with Gasteiger partial charge in [-0.15, -0.1) is 11.3 Å². The molecule has 0 spiro atoms. The number of carbonyl (C=O) groups is 1. The Morgan fingerprint density at radius 1 is 1.22 bits per heavy atom. The fourth-order valence-corrected chi connectivity index (χ4v) is 5.37. The second-order valence-electron chi connectivity index (χ2n) is 7.40. The smallest absolute Gasteiger partial charge is 0.222 e. The van der Waals surface area contributed by atoms with Crippen LogP contribution in [-0.4, -0.2) is 41.4 Å². The highest BCUT2D eigenvalue weighted by atomic mass is 35.5. The first-order valence-corrected chi connectivity index (χ1v) is 10.9. The number of hydrogen-bond acceptors (Lipinski definition) is 3. The highest BCUT2D eigenvalue weighted by molar-refractivity contribution is 7.10. The van der Waals surface area contributed by atoms with E-state index in [1.54, 1.807) is 12.1 Å². The normalized spacial score (nSPS) is 18.5. The van der Waals surface area contributed by atoms with Crippen molar-refractivity contribution in [1.82, 2.24) is 9.80 Å². The maximum atomic E-state index is 13.9. The number of piperidine rings is 1. The van der Waals surface area contributed by atoms with Gasteiger partial charge in [0.15, 0.2) is 0 Å². The monoisotopic (exact) mass is 406 g/mol. The summed E-state index contributed by atoms with van der Waals surface area (Å²) in [7, 11) is 0. The Balaban J connectivity index is 1.27. The topological polar surface area (TPSA) is 23.6 Å². The van der Waals surface area contributed by atoms with Crippen molar-refractivity contribution >= 4 is 28.8 Å². The van der Waals surface area contributed by atoms with Crippen molar-refractivity contribution in [3.8, 4) is 0 Å². The molecule has 0 aliphatic carbocycles. The first kappa shape index (κ1) is 18.9. The summed E-state index contributed by atoms with van der Waals surface area (Å²) in [5.41, 5.74) is 1.92. The van der Waals surface area contributed by atoms with Gasteiger partial charge in [0.25, 0.3) is 0 Å². The number of halogens is 2. The molecule has 4 rings (SSSR count). The van der Waals surface area contributed by atoms with Crippen molar-refractivity contribution in [2.45, 2.75) is 44.7 Å². The van der Waals surface area contributed by atoms with Crippen molar-refractivity contribution in [1.29, 1.82) is 0 Å². The summed E-state index contributed by atoms with van der Waals surface area (Å²) in [5.74, 6) is -0.224. The van der Waals surface area contributed by atoms with Crippen LogP contribution in [0.15, 0.2) is 29.6 Å². The largest absolute Gasteiger partial charge is 0.343 e. The van der Waals surface area contributed by atoms with Gasteiger partial charge in [0.05, 0.1) is 0 Å². The van der Waals surface area contributed by atoms with Crippen LogP contribution in [-0.2, 0) is 24.2 Å². The minimum Gasteiger partial charge on any atom is -0.343 e. The van der Waals surface area contributed by atoms with Crippen LogP contribution >= 0.6 is 22.9 Å². The predicted octanol–water partition coefficient (Wildman–Crippen LogP) is 4.52. The van der Waals surface area contributed by atoms with Gasteiger partial charge in [0.1, 0.15) is 5.82 Å². The Morgan fingerprint density at radius 2 is 2.04 bits per heavy atom. The molecule has 2 aromatic rings. The standard InChI is InChI=1S/C21H24ClFN2OS/c22-18-2-1-3-19(23)17(18)4-5-21(26)24-10-6-16(7-11-24)25-12-8-20-15(14-25)9-13-27-20/h1-3,9,13,16H,4-8,10-12,14H2. The summed E-state index contributed by atoms with van der Waals surface area (Å²) in [6, 6.07) is 7.47. The molecule has 2 aliphatic rings. The molecule has 3 heterocycles. The fraction of sp³-hybridized carbons (Fsp3) is 0.476. The maximum absolute atomic E-state index is 13.9. The Kier molecular flexibility index (Phi) is 5.81. The van der Waals surface area contributed by atoms with Gasteiger partial charge < -0.3 is 4.90 Å². The first-order valence-electron chi connectivity index (χ1n) is 9.62. The summed E-state index contributed by atoms with van der Waals surface area (Å²) < 4.78 is 13.9. The van der Waals surface area contributed by atoms with E-state index in [1.165, 1.54) is 16.5 Å². The number of likely N-dealkylation sites (tertiary alicyclic amines) is 1. The van der Waals surface area contributed by atoms with Gasteiger partial charge >= 0.3 is 0 Å². The molecular weight excluding hydrogens is 383 g/mol. The molecule has 1 aromatic heterocycles. The van der Waals surface area contributed by atoms with E-state index in [0.29, 0.717) is 29.5 Å². The van der Waals surface area contributed by atoms with Crippen LogP contribution in [0.5, 0.6) is 0 Å². The zero-order chi connectivity index (χ0) is 18.8. The predicted molar refractivity (Wildman–Crippen MR) is 108 cm³/mol. The average Bonchev–Trinajstić information content (AvgIpc) is 3.15. The Labute approximate surface area is 168 Å². The van der Waals surface area contributed by atoms with Gasteiger partial charge in [-0.3, -0.25) is 9.69 Å². The molecule has 1 aromatic carbocycles. The van der Waals surface area contributed by atoms with E-state index in [-0.39, 0.29) is 11.7 Å². The highest BCUT2D eigenvalue weighted by Gasteiger charge is 2.29. The molecule has 1 saturated heterocycles. The lowest BCUT2D eigenvalue weighted by Crippen LogP contribution is -2.48. The zero-order valence-electron chi connectivity index (χ0n) is 15.3. The van der Waals surface area contributed by atoms with E-state index in [9.17, 15) is 9.18 Å². The van der Waals surface area contributed by atoms with Crippen molar-refractivity contribution < 1.29 is 9.18 Å². The number of nitrogens with zero attached hydrogens (tertiary/aromatic N) is 2. The van der Waals surface area contributed by atoms with Crippen LogP contribution in [0.2, 0.25) is 5.02 Å². The molecule has 3 nitrogen and oxygen atoms in total. The van der Waals surface area contributed by atoms with Gasteiger partial charge in [-0.25, -0.2) is 4.39 Å². The lowest BCUT2D eigenvalue weighted by Gasteiger charge is -2.40. The molecule has 0 unspecified atom stereocenters. The minimum absolute atomic E-state index is 0.103. The third-order valence-corrected chi connectivity index (χ3v) is 7.20. The van der Waals surface area contributed by atoms with Crippen LogP contribution in [0.4, 0.5) is 4.39 Å². The molecule has 1 fully saturated rings. The number of fused-ring (bicyclic) bond motifs is 1. The fourth-order valence-electron chi connectivity index (χ4n) is 4.22. The first-order chi connectivity index (χ1) is 13.1. The Morgan fingerprint density at radius 3 is 2.81 bits per heavy atom. The summed E-state index contributed by atoms with van der Waals surface area (Å²) in [6.45, 7) is 3.75. The summed E-state index contributed by atoms with van der Waals surface area (Å²) in [6.07, 6.45) is 3.86. The molecule has 0 radical (unpaired) electrons. The van der Waals surface area contributed by atoms with Gasteiger partial charge in [0, 0.05) is 54.1 Å². The van der Waals surface area contributed by atoms with Crippen LogP contribution in [0.3, 0.4) is 0 Å². The van der Waals surface area contributed by atoms with E-state index in [2.05, 4.69) is 16.3 Å². The van der Waals surface area contributed by atoms with Crippen molar-refractivity contribution in [2.24, 2.45) is 0 Å². The molecule has 0 atom stereocenters. The van der Waals surface area contributed by atoms with E-state index < -0.39 is 0 Å². The third kappa shape index (κ3) is 4.20. The van der Waals surface area contributed by atoms with Gasteiger partial charge in [-0.05, 0) is 54.8 Å². The second-order valence-corrected chi connectivity index (χ2v) is 8.81. The van der Waals surface area contributed by atoms with Crippen LogP contribution in [0.25, 0.3) is 0 Å². The van der Waals surface area contributed by atoms with Crippen molar-refractivity contribution in [2.75, 3.05) is 19.6 Å². The molecule has 0 saturated carbocycles. The molecule has 144 valence electrons. The number of hydrogen-bond donors (Lipinski definition) is 0. The van der Waals surface area contributed by atoms with E-state index in [1.807, 2.05) is 16.2 Å². The second kappa shape index (κ2) is 8.29. The maximum Gasteiger partial charge on any atom is 0.222 e. The zero-order valence-corrected chi connectivity index (χ0v) is 16.9. The number of carbonyl (C=O) groups excluding carboxylic acids is 1. The van der Waals surface area contributed by atoms with E-state index in [4.69, 9.17) is 11.6 Å². The van der Waals surface area contributed by atoms with E-state index >= 15 is 0 Å². The van der Waals surface area contributed by atoms with Crippen molar-refractivity contribution in [3.05, 3.63) is 56.5 Å². The molecule has 0 N–H and O–H groups in total. The number of amides is 1. The summed E-state index contributed by atoms with van der Waals surface area (Å²) in [4.78, 5) is 18.6. The Hall–Kier alpha value is -1.43. The van der Waals surface area contributed by atoms with Gasteiger partial charge in [-0.1, -0.05) is 17.7 Å². The SMILES string of the molecule is O=C(CCc1c(F)cccc1Cl)N1CCC(N2CCc3sccc3C2)CC1. The average molecular weight is 407 g/mol. The molecular formula is C21H24ClFN2OS. The molecule has 6 heteroatoms. The number of benzene rings is 1. The van der Waals surface area contributed by atoms with Crippen LogP contribution in [0, 0.1) is 5.82 Å². The molecule has 1 amide bonds. The third-order valence-electron chi connectivity index (χ3n) is 5.82. The summed E-state index contributed by atoms with van der Waals surface area (Å²) >= 11 is 7.93. The number of thiophene rings is 1. The lowest BCUT2D eigenvalue weighted by atomic mass is 9.99.